The Kier molecular flexibility index (Phi) is 5.76. The Hall–Kier alpha value is -2.92. The highest BCUT2D eigenvalue weighted by molar-refractivity contribution is 5.94. The number of hydrogen-bond acceptors (Lipinski definition) is 3. The molecule has 0 radical (unpaired) electrons. The summed E-state index contributed by atoms with van der Waals surface area (Å²) in [5.41, 5.74) is 5.09. The van der Waals surface area contributed by atoms with Crippen molar-refractivity contribution >= 4 is 5.91 Å². The molecule has 1 aliphatic rings. The van der Waals surface area contributed by atoms with Gasteiger partial charge < -0.3 is 5.32 Å². The number of amides is 1. The van der Waals surface area contributed by atoms with Crippen LogP contribution in [0, 0.1) is 13.8 Å². The van der Waals surface area contributed by atoms with E-state index in [1.165, 1.54) is 5.56 Å². The Balaban J connectivity index is 1.30. The molecule has 0 unspecified atom stereocenters. The number of nitrogens with zero attached hydrogens (tertiary/aromatic N) is 3. The molecule has 1 aliphatic heterocycles. The highest BCUT2D eigenvalue weighted by Gasteiger charge is 2.21. The van der Waals surface area contributed by atoms with Gasteiger partial charge in [0.25, 0.3) is 5.91 Å². The molecule has 5 nitrogen and oxygen atoms in total. The van der Waals surface area contributed by atoms with E-state index in [1.54, 1.807) is 0 Å². The van der Waals surface area contributed by atoms with Gasteiger partial charge in [0, 0.05) is 36.9 Å². The first-order valence-electron chi connectivity index (χ1n) is 10.3. The zero-order valence-corrected chi connectivity index (χ0v) is 17.1. The van der Waals surface area contributed by atoms with E-state index in [0.717, 1.165) is 49.6 Å². The Morgan fingerprint density at radius 3 is 2.34 bits per heavy atom. The van der Waals surface area contributed by atoms with Gasteiger partial charge >= 0.3 is 0 Å². The molecule has 4 rings (SSSR count). The van der Waals surface area contributed by atoms with Crippen molar-refractivity contribution in [1.82, 2.24) is 20.0 Å². The zero-order chi connectivity index (χ0) is 20.2. The van der Waals surface area contributed by atoms with Crippen LogP contribution in [-0.2, 0) is 6.54 Å². The second-order valence-corrected chi connectivity index (χ2v) is 7.90. The Labute approximate surface area is 172 Å². The third-order valence-electron chi connectivity index (χ3n) is 5.56. The highest BCUT2D eigenvalue weighted by Crippen LogP contribution is 2.16. The molecule has 0 saturated carbocycles. The minimum absolute atomic E-state index is 0.00595. The molecule has 29 heavy (non-hydrogen) atoms. The molecule has 0 spiro atoms. The third-order valence-corrected chi connectivity index (χ3v) is 5.56. The number of likely N-dealkylation sites (tertiary alicyclic amines) is 1. The van der Waals surface area contributed by atoms with Crippen LogP contribution in [0.2, 0.25) is 0 Å². The summed E-state index contributed by atoms with van der Waals surface area (Å²) in [6.07, 6.45) is 1.98. The fourth-order valence-electron chi connectivity index (χ4n) is 3.99. The SMILES string of the molecule is Cc1cc(C)n(-c2ccc(C(=O)NC3CCN(Cc4ccccc4)CC3)cc2)n1. The Morgan fingerprint density at radius 2 is 1.72 bits per heavy atom. The van der Waals surface area contributed by atoms with Gasteiger partial charge in [0.15, 0.2) is 0 Å². The molecular formula is C24H28N4O. The lowest BCUT2D eigenvalue weighted by Crippen LogP contribution is -2.44. The minimum atomic E-state index is 0.00595. The summed E-state index contributed by atoms with van der Waals surface area (Å²) in [4.78, 5) is 15.1. The van der Waals surface area contributed by atoms with Gasteiger partial charge in [-0.05, 0) is 62.6 Å². The maximum atomic E-state index is 12.7. The lowest BCUT2D eigenvalue weighted by molar-refractivity contribution is 0.0909. The third kappa shape index (κ3) is 4.74. The van der Waals surface area contributed by atoms with Gasteiger partial charge in [0.2, 0.25) is 0 Å². The summed E-state index contributed by atoms with van der Waals surface area (Å²) in [6, 6.07) is 20.5. The number of piperidine rings is 1. The van der Waals surface area contributed by atoms with Gasteiger partial charge in [-0.15, -0.1) is 0 Å². The van der Waals surface area contributed by atoms with Crippen LogP contribution < -0.4 is 5.32 Å². The first kappa shape index (κ1) is 19.4. The number of carbonyl (C=O) groups excluding carboxylic acids is 1. The molecule has 150 valence electrons. The fourth-order valence-corrected chi connectivity index (χ4v) is 3.99. The van der Waals surface area contributed by atoms with Crippen LogP contribution in [0.3, 0.4) is 0 Å². The summed E-state index contributed by atoms with van der Waals surface area (Å²) in [6.45, 7) is 7.02. The number of aromatic nitrogens is 2. The molecule has 2 aromatic carbocycles. The smallest absolute Gasteiger partial charge is 0.251 e. The number of benzene rings is 2. The van der Waals surface area contributed by atoms with Crippen LogP contribution in [0.1, 0.15) is 40.2 Å². The predicted molar refractivity (Wildman–Crippen MR) is 115 cm³/mol. The number of hydrogen-bond donors (Lipinski definition) is 1. The maximum Gasteiger partial charge on any atom is 0.251 e. The number of carbonyl (C=O) groups is 1. The number of nitrogens with one attached hydrogen (secondary N) is 1. The molecule has 3 aromatic rings. The van der Waals surface area contributed by atoms with Crippen LogP contribution in [0.5, 0.6) is 0 Å². The summed E-state index contributed by atoms with van der Waals surface area (Å²) in [7, 11) is 0. The lowest BCUT2D eigenvalue weighted by atomic mass is 10.0. The molecule has 2 heterocycles. The van der Waals surface area contributed by atoms with Crippen LogP contribution in [-0.4, -0.2) is 39.7 Å². The van der Waals surface area contributed by atoms with E-state index < -0.39 is 0 Å². The molecule has 1 amide bonds. The second kappa shape index (κ2) is 8.62. The van der Waals surface area contributed by atoms with Gasteiger partial charge in [0.05, 0.1) is 11.4 Å². The Bertz CT molecular complexity index is 954. The van der Waals surface area contributed by atoms with E-state index in [4.69, 9.17) is 0 Å². The summed E-state index contributed by atoms with van der Waals surface area (Å²) in [5, 5.41) is 7.70. The predicted octanol–water partition coefficient (Wildman–Crippen LogP) is 3.88. The normalized spacial score (nSPS) is 15.4. The van der Waals surface area contributed by atoms with Crippen molar-refractivity contribution in [3.63, 3.8) is 0 Å². The molecule has 0 bridgehead atoms. The molecule has 1 N–H and O–H groups in total. The largest absolute Gasteiger partial charge is 0.349 e. The van der Waals surface area contributed by atoms with Gasteiger partial charge in [0.1, 0.15) is 0 Å². The minimum Gasteiger partial charge on any atom is -0.349 e. The van der Waals surface area contributed by atoms with Crippen molar-refractivity contribution in [3.8, 4) is 5.69 Å². The average Bonchev–Trinajstić information content (AvgIpc) is 3.08. The molecule has 1 fully saturated rings. The molecule has 0 atom stereocenters. The van der Waals surface area contributed by atoms with E-state index in [9.17, 15) is 4.79 Å². The molecular weight excluding hydrogens is 360 g/mol. The Morgan fingerprint density at radius 1 is 1.03 bits per heavy atom. The van der Waals surface area contributed by atoms with Crippen molar-refractivity contribution in [3.05, 3.63) is 83.2 Å². The number of rotatable bonds is 5. The lowest BCUT2D eigenvalue weighted by Gasteiger charge is -2.32. The van der Waals surface area contributed by atoms with Gasteiger partial charge in [-0.25, -0.2) is 4.68 Å². The van der Waals surface area contributed by atoms with Crippen molar-refractivity contribution in [2.75, 3.05) is 13.1 Å². The van der Waals surface area contributed by atoms with Gasteiger partial charge in [-0.1, -0.05) is 30.3 Å². The van der Waals surface area contributed by atoms with Crippen molar-refractivity contribution in [2.45, 2.75) is 39.3 Å². The van der Waals surface area contributed by atoms with Gasteiger partial charge in [-0.3, -0.25) is 9.69 Å². The van der Waals surface area contributed by atoms with E-state index in [2.05, 4.69) is 45.6 Å². The topological polar surface area (TPSA) is 50.2 Å². The molecule has 5 heteroatoms. The van der Waals surface area contributed by atoms with Crippen molar-refractivity contribution in [1.29, 1.82) is 0 Å². The summed E-state index contributed by atoms with van der Waals surface area (Å²) < 4.78 is 1.90. The van der Waals surface area contributed by atoms with E-state index >= 15 is 0 Å². The van der Waals surface area contributed by atoms with E-state index in [-0.39, 0.29) is 11.9 Å². The number of aryl methyl sites for hydroxylation is 2. The van der Waals surface area contributed by atoms with Crippen molar-refractivity contribution < 1.29 is 4.79 Å². The molecule has 1 saturated heterocycles. The zero-order valence-electron chi connectivity index (χ0n) is 17.1. The summed E-state index contributed by atoms with van der Waals surface area (Å²) in [5.74, 6) is 0.00595. The van der Waals surface area contributed by atoms with E-state index in [1.807, 2.05) is 48.9 Å². The monoisotopic (exact) mass is 388 g/mol. The quantitative estimate of drug-likeness (QED) is 0.722. The van der Waals surface area contributed by atoms with Crippen LogP contribution in [0.15, 0.2) is 60.7 Å². The first-order valence-corrected chi connectivity index (χ1v) is 10.3. The fraction of sp³-hybridized carbons (Fsp3) is 0.333. The van der Waals surface area contributed by atoms with Crippen molar-refractivity contribution in [2.24, 2.45) is 0 Å². The second-order valence-electron chi connectivity index (χ2n) is 7.90. The summed E-state index contributed by atoms with van der Waals surface area (Å²) >= 11 is 0. The standard InChI is InChI=1S/C24H28N4O/c1-18-16-19(2)28(26-18)23-10-8-21(9-11-23)24(29)25-22-12-14-27(15-13-22)17-20-6-4-3-5-7-20/h3-11,16,22H,12-15,17H2,1-2H3,(H,25,29). The maximum absolute atomic E-state index is 12.7. The van der Waals surface area contributed by atoms with Crippen LogP contribution >= 0.6 is 0 Å². The highest BCUT2D eigenvalue weighted by atomic mass is 16.1. The van der Waals surface area contributed by atoms with Gasteiger partial charge in [-0.2, -0.15) is 5.10 Å². The first-order chi connectivity index (χ1) is 14.1. The molecule has 0 aliphatic carbocycles. The van der Waals surface area contributed by atoms with Crippen LogP contribution in [0.25, 0.3) is 5.69 Å². The molecule has 1 aromatic heterocycles. The van der Waals surface area contributed by atoms with E-state index in [0.29, 0.717) is 5.56 Å². The van der Waals surface area contributed by atoms with Crippen LogP contribution in [0.4, 0.5) is 0 Å². The average molecular weight is 389 g/mol.